The van der Waals surface area contributed by atoms with Gasteiger partial charge in [0.2, 0.25) is 0 Å². The number of nitro benzene ring substituents is 2. The van der Waals surface area contributed by atoms with Gasteiger partial charge in [-0.1, -0.05) is 26.2 Å². The van der Waals surface area contributed by atoms with Crippen LogP contribution < -0.4 is 5.32 Å². The fraction of sp³-hybridized carbons (Fsp3) is 0.462. The third kappa shape index (κ3) is 6.22. The first kappa shape index (κ1) is 20.7. The molecular formula is C13H18N3O8P. The minimum atomic E-state index is -4.65. The summed E-state index contributed by atoms with van der Waals surface area (Å²) in [6.07, 6.45) is 1.98. The fourth-order valence-electron chi connectivity index (χ4n) is 2.08. The molecule has 3 N–H and O–H groups in total. The van der Waals surface area contributed by atoms with Crippen LogP contribution in [0.25, 0.3) is 0 Å². The van der Waals surface area contributed by atoms with Crippen molar-refractivity contribution in [2.45, 2.75) is 38.4 Å². The Kier molecular flexibility index (Phi) is 7.16. The van der Waals surface area contributed by atoms with E-state index in [-0.39, 0.29) is 6.42 Å². The molecule has 11 nitrogen and oxygen atoms in total. The number of carbonyl (C=O) groups is 1. The van der Waals surface area contributed by atoms with E-state index in [1.807, 2.05) is 6.92 Å². The van der Waals surface area contributed by atoms with Crippen molar-refractivity contribution in [2.75, 3.05) is 0 Å². The van der Waals surface area contributed by atoms with Gasteiger partial charge in [-0.15, -0.1) is 0 Å². The summed E-state index contributed by atoms with van der Waals surface area (Å²) >= 11 is 0. The molecule has 0 aliphatic heterocycles. The highest BCUT2D eigenvalue weighted by molar-refractivity contribution is 7.52. The van der Waals surface area contributed by atoms with E-state index in [1.54, 1.807) is 0 Å². The smallest absolute Gasteiger partial charge is 0.338 e. The molecule has 25 heavy (non-hydrogen) atoms. The maximum absolute atomic E-state index is 12.2. The molecule has 138 valence electrons. The van der Waals surface area contributed by atoms with Gasteiger partial charge >= 0.3 is 7.60 Å². The molecule has 0 aliphatic carbocycles. The molecule has 0 saturated carbocycles. The van der Waals surface area contributed by atoms with Crippen LogP contribution in [0.2, 0.25) is 0 Å². The molecule has 0 unspecified atom stereocenters. The van der Waals surface area contributed by atoms with Crippen LogP contribution >= 0.6 is 7.60 Å². The lowest BCUT2D eigenvalue weighted by Gasteiger charge is -2.19. The standard InChI is InChI=1S/C13H18N3O8P/c1-2-3-4-5-12(25(22,23)24)14-13(17)9-6-10(15(18)19)8-11(7-9)16(20)21/h6-8,12H,2-5H2,1H3,(H,14,17)(H2,22,23,24)/t12-/m1/s1. The van der Waals surface area contributed by atoms with Crippen LogP contribution in [0.15, 0.2) is 18.2 Å². The second-order valence-electron chi connectivity index (χ2n) is 5.33. The lowest BCUT2D eigenvalue weighted by Crippen LogP contribution is -2.34. The average Bonchev–Trinajstić information content (AvgIpc) is 2.52. The Bertz CT molecular complexity index is 685. The first-order valence-electron chi connectivity index (χ1n) is 7.36. The molecule has 0 heterocycles. The first-order valence-corrected chi connectivity index (χ1v) is 9.04. The fourth-order valence-corrected chi connectivity index (χ4v) is 2.89. The van der Waals surface area contributed by atoms with Gasteiger partial charge in [-0.2, -0.15) is 0 Å². The van der Waals surface area contributed by atoms with E-state index in [0.717, 1.165) is 18.6 Å². The number of hydrogen-bond acceptors (Lipinski definition) is 6. The summed E-state index contributed by atoms with van der Waals surface area (Å²) in [7, 11) is -4.65. The van der Waals surface area contributed by atoms with Crippen molar-refractivity contribution in [3.8, 4) is 0 Å². The van der Waals surface area contributed by atoms with Crippen LogP contribution in [-0.2, 0) is 4.57 Å². The zero-order chi connectivity index (χ0) is 19.2. The number of rotatable bonds is 9. The molecular weight excluding hydrogens is 357 g/mol. The van der Waals surface area contributed by atoms with Crippen molar-refractivity contribution < 1.29 is 29.0 Å². The maximum atomic E-state index is 12.2. The van der Waals surface area contributed by atoms with Crippen LogP contribution in [0.3, 0.4) is 0 Å². The zero-order valence-corrected chi connectivity index (χ0v) is 14.2. The third-order valence-corrected chi connectivity index (χ3v) is 4.57. The van der Waals surface area contributed by atoms with Gasteiger partial charge in [0.25, 0.3) is 17.3 Å². The van der Waals surface area contributed by atoms with Gasteiger partial charge < -0.3 is 15.1 Å². The minimum Gasteiger partial charge on any atom is -0.338 e. The number of non-ortho nitro benzene ring substituents is 2. The van der Waals surface area contributed by atoms with E-state index in [4.69, 9.17) is 0 Å². The van der Waals surface area contributed by atoms with Crippen molar-refractivity contribution in [1.82, 2.24) is 5.32 Å². The van der Waals surface area contributed by atoms with Crippen LogP contribution in [0, 0.1) is 20.2 Å². The summed E-state index contributed by atoms with van der Waals surface area (Å²) in [5.74, 6) is -2.50. The van der Waals surface area contributed by atoms with Crippen molar-refractivity contribution in [2.24, 2.45) is 0 Å². The number of nitro groups is 2. The Hall–Kier alpha value is -2.36. The highest BCUT2D eigenvalue weighted by Gasteiger charge is 2.31. The molecule has 0 saturated heterocycles. The number of benzene rings is 1. The summed E-state index contributed by atoms with van der Waals surface area (Å²) < 4.78 is 11.5. The van der Waals surface area contributed by atoms with Crippen LogP contribution in [-0.4, -0.2) is 31.3 Å². The molecule has 1 rings (SSSR count). The van der Waals surface area contributed by atoms with Gasteiger partial charge in [-0.05, 0) is 6.42 Å². The number of amides is 1. The summed E-state index contributed by atoms with van der Waals surface area (Å²) in [6, 6.07) is 2.31. The van der Waals surface area contributed by atoms with E-state index < -0.39 is 46.1 Å². The molecule has 0 aromatic heterocycles. The van der Waals surface area contributed by atoms with E-state index in [0.29, 0.717) is 18.9 Å². The normalized spacial score (nSPS) is 12.4. The topological polar surface area (TPSA) is 173 Å². The molecule has 1 amide bonds. The zero-order valence-electron chi connectivity index (χ0n) is 13.3. The number of nitrogens with one attached hydrogen (secondary N) is 1. The summed E-state index contributed by atoms with van der Waals surface area (Å²) in [6.45, 7) is 1.90. The van der Waals surface area contributed by atoms with E-state index in [1.165, 1.54) is 0 Å². The third-order valence-electron chi connectivity index (χ3n) is 3.37. The van der Waals surface area contributed by atoms with Gasteiger partial charge in [-0.25, -0.2) is 0 Å². The van der Waals surface area contributed by atoms with Gasteiger partial charge in [-0.3, -0.25) is 29.6 Å². The molecule has 0 radical (unpaired) electrons. The molecule has 1 atom stereocenters. The Morgan fingerprint density at radius 2 is 1.68 bits per heavy atom. The molecule has 1 aromatic carbocycles. The average molecular weight is 375 g/mol. The van der Waals surface area contributed by atoms with Gasteiger partial charge in [0.1, 0.15) is 5.78 Å². The van der Waals surface area contributed by atoms with Gasteiger partial charge in [0.15, 0.2) is 0 Å². The van der Waals surface area contributed by atoms with Crippen molar-refractivity contribution in [3.05, 3.63) is 44.0 Å². The number of nitrogens with zero attached hydrogens (tertiary/aromatic N) is 2. The Labute approximate surface area is 142 Å². The summed E-state index contributed by atoms with van der Waals surface area (Å²) in [4.78, 5) is 50.7. The molecule has 0 spiro atoms. The lowest BCUT2D eigenvalue weighted by atomic mass is 10.1. The number of unbranched alkanes of at least 4 members (excludes halogenated alkanes) is 2. The van der Waals surface area contributed by atoms with E-state index >= 15 is 0 Å². The highest BCUT2D eigenvalue weighted by atomic mass is 31.2. The second kappa shape index (κ2) is 8.65. The Morgan fingerprint density at radius 3 is 2.08 bits per heavy atom. The quantitative estimate of drug-likeness (QED) is 0.255. The largest absolute Gasteiger partial charge is 0.347 e. The SMILES string of the molecule is CCCCC[C@H](NC(=O)c1cc([N+](=O)[O-])cc([N+](=O)[O-])c1)P(=O)(O)O. The molecule has 0 fully saturated rings. The molecule has 1 aromatic rings. The highest BCUT2D eigenvalue weighted by Crippen LogP contribution is 2.42. The predicted molar refractivity (Wildman–Crippen MR) is 87.2 cm³/mol. The van der Waals surface area contributed by atoms with Crippen molar-refractivity contribution in [1.29, 1.82) is 0 Å². The molecule has 12 heteroatoms. The second-order valence-corrected chi connectivity index (χ2v) is 7.13. The van der Waals surface area contributed by atoms with E-state index in [9.17, 15) is 39.4 Å². The Morgan fingerprint density at radius 1 is 1.16 bits per heavy atom. The summed E-state index contributed by atoms with van der Waals surface area (Å²) in [5.41, 5.74) is -1.76. The van der Waals surface area contributed by atoms with Gasteiger partial charge in [0.05, 0.1) is 21.5 Å². The summed E-state index contributed by atoms with van der Waals surface area (Å²) in [5, 5.41) is 23.8. The minimum absolute atomic E-state index is 0.0148. The van der Waals surface area contributed by atoms with Crippen LogP contribution in [0.5, 0.6) is 0 Å². The maximum Gasteiger partial charge on any atom is 0.347 e. The Balaban J connectivity index is 3.09. The number of hydrogen-bond donors (Lipinski definition) is 3. The predicted octanol–water partition coefficient (Wildman–Crippen LogP) is 2.32. The molecule has 0 bridgehead atoms. The number of carbonyl (C=O) groups excluding carboxylic acids is 1. The lowest BCUT2D eigenvalue weighted by molar-refractivity contribution is -0.394. The van der Waals surface area contributed by atoms with Crippen molar-refractivity contribution in [3.63, 3.8) is 0 Å². The van der Waals surface area contributed by atoms with E-state index in [2.05, 4.69) is 5.32 Å². The molecule has 0 aliphatic rings. The van der Waals surface area contributed by atoms with Gasteiger partial charge in [0, 0.05) is 12.1 Å². The van der Waals surface area contributed by atoms with Crippen LogP contribution in [0.1, 0.15) is 43.0 Å². The van der Waals surface area contributed by atoms with Crippen LogP contribution in [0.4, 0.5) is 11.4 Å². The monoisotopic (exact) mass is 375 g/mol. The first-order chi connectivity index (χ1) is 11.6. The van der Waals surface area contributed by atoms with Crippen molar-refractivity contribution >= 4 is 24.9 Å².